The minimum Gasteiger partial charge on any atom is -0.481 e. The highest BCUT2D eigenvalue weighted by Gasteiger charge is 2.15. The number of hydrogen-bond acceptors (Lipinski definition) is 7. The van der Waals surface area contributed by atoms with Crippen molar-refractivity contribution in [3.8, 4) is 5.88 Å². The van der Waals surface area contributed by atoms with Crippen molar-refractivity contribution < 1.29 is 9.53 Å². The van der Waals surface area contributed by atoms with Crippen LogP contribution in [0.4, 0.5) is 17.3 Å². The first-order valence-corrected chi connectivity index (χ1v) is 7.55. The van der Waals surface area contributed by atoms with Crippen LogP contribution < -0.4 is 15.4 Å². The van der Waals surface area contributed by atoms with Crippen LogP contribution in [0, 0.1) is 0 Å². The van der Waals surface area contributed by atoms with Gasteiger partial charge in [0.15, 0.2) is 0 Å². The van der Waals surface area contributed by atoms with E-state index in [0.29, 0.717) is 17.5 Å². The Balaban J connectivity index is 1.63. The first-order valence-electron chi connectivity index (χ1n) is 7.55. The van der Waals surface area contributed by atoms with Crippen molar-refractivity contribution in [2.24, 2.45) is 0 Å². The second-order valence-corrected chi connectivity index (χ2v) is 5.17. The summed E-state index contributed by atoms with van der Waals surface area (Å²) >= 11 is 0. The Kier molecular flexibility index (Phi) is 4.84. The SMILES string of the molecule is COc1ccnc(Nc2ccc(NC(=O)C(C)n3cncn3)cc2)n1. The highest BCUT2D eigenvalue weighted by atomic mass is 16.5. The quantitative estimate of drug-likeness (QED) is 0.707. The van der Waals surface area contributed by atoms with Crippen molar-refractivity contribution in [2.75, 3.05) is 17.7 Å². The lowest BCUT2D eigenvalue weighted by atomic mass is 10.2. The Morgan fingerprint density at radius 2 is 1.96 bits per heavy atom. The van der Waals surface area contributed by atoms with Crippen molar-refractivity contribution in [3.63, 3.8) is 0 Å². The monoisotopic (exact) mass is 339 g/mol. The Labute approximate surface area is 144 Å². The van der Waals surface area contributed by atoms with Gasteiger partial charge in [0.25, 0.3) is 0 Å². The standard InChI is InChI=1S/C16H17N7O2/c1-11(23-10-17-9-19-23)15(24)20-12-3-5-13(6-4-12)21-16-18-8-7-14(22-16)25-2/h3-11H,1-2H3,(H,20,24)(H,18,21,22). The Hall–Kier alpha value is -3.49. The molecule has 2 N–H and O–H groups in total. The number of rotatable bonds is 6. The second kappa shape index (κ2) is 7.39. The largest absolute Gasteiger partial charge is 0.481 e. The minimum absolute atomic E-state index is 0.178. The van der Waals surface area contributed by atoms with Gasteiger partial charge in [0.05, 0.1) is 7.11 Å². The van der Waals surface area contributed by atoms with E-state index < -0.39 is 6.04 Å². The van der Waals surface area contributed by atoms with Gasteiger partial charge in [-0.2, -0.15) is 10.1 Å². The molecule has 0 aliphatic rings. The summed E-state index contributed by atoms with van der Waals surface area (Å²) in [5.41, 5.74) is 1.46. The van der Waals surface area contributed by atoms with Gasteiger partial charge in [-0.3, -0.25) is 4.79 Å². The molecule has 0 fully saturated rings. The van der Waals surface area contributed by atoms with E-state index >= 15 is 0 Å². The minimum atomic E-state index is -0.453. The molecule has 0 spiro atoms. The molecule has 9 nitrogen and oxygen atoms in total. The third-order valence-electron chi connectivity index (χ3n) is 3.46. The number of anilines is 3. The molecule has 25 heavy (non-hydrogen) atoms. The molecule has 9 heteroatoms. The number of aromatic nitrogens is 5. The fourth-order valence-electron chi connectivity index (χ4n) is 2.07. The predicted octanol–water partition coefficient (Wildman–Crippen LogP) is 2.02. The summed E-state index contributed by atoms with van der Waals surface area (Å²) in [4.78, 5) is 24.3. The number of carbonyl (C=O) groups is 1. The Bertz CT molecular complexity index is 834. The zero-order valence-corrected chi connectivity index (χ0v) is 13.7. The van der Waals surface area contributed by atoms with Gasteiger partial charge >= 0.3 is 0 Å². The van der Waals surface area contributed by atoms with E-state index in [1.165, 1.54) is 17.3 Å². The summed E-state index contributed by atoms with van der Waals surface area (Å²) in [7, 11) is 1.55. The number of ether oxygens (including phenoxy) is 1. The number of methoxy groups -OCH3 is 1. The number of nitrogens with one attached hydrogen (secondary N) is 2. The molecular formula is C16H17N7O2. The summed E-state index contributed by atoms with van der Waals surface area (Å²) in [6.45, 7) is 1.75. The number of benzene rings is 1. The van der Waals surface area contributed by atoms with Gasteiger partial charge in [0.2, 0.25) is 17.7 Å². The average Bonchev–Trinajstić information content (AvgIpc) is 3.17. The van der Waals surface area contributed by atoms with Crippen LogP contribution >= 0.6 is 0 Å². The van der Waals surface area contributed by atoms with Gasteiger partial charge in [0, 0.05) is 23.6 Å². The van der Waals surface area contributed by atoms with E-state index in [9.17, 15) is 4.79 Å². The number of amides is 1. The average molecular weight is 339 g/mol. The Morgan fingerprint density at radius 3 is 2.64 bits per heavy atom. The molecule has 1 aromatic carbocycles. The fourth-order valence-corrected chi connectivity index (χ4v) is 2.07. The van der Waals surface area contributed by atoms with Crippen LogP contribution in [0.25, 0.3) is 0 Å². The lowest BCUT2D eigenvalue weighted by molar-refractivity contribution is -0.119. The number of nitrogens with zero attached hydrogens (tertiary/aromatic N) is 5. The first-order chi connectivity index (χ1) is 12.2. The molecule has 2 heterocycles. The Morgan fingerprint density at radius 1 is 1.20 bits per heavy atom. The van der Waals surface area contributed by atoms with E-state index in [4.69, 9.17) is 4.74 Å². The third kappa shape index (κ3) is 4.08. The van der Waals surface area contributed by atoms with Gasteiger partial charge in [-0.1, -0.05) is 0 Å². The van der Waals surface area contributed by atoms with Crippen LogP contribution in [-0.2, 0) is 4.79 Å². The second-order valence-electron chi connectivity index (χ2n) is 5.17. The number of carbonyl (C=O) groups excluding carboxylic acids is 1. The summed E-state index contributed by atoms with van der Waals surface area (Å²) in [5, 5.41) is 9.86. The zero-order valence-electron chi connectivity index (χ0n) is 13.7. The summed E-state index contributed by atoms with van der Waals surface area (Å²) in [6, 6.07) is 8.42. The van der Waals surface area contributed by atoms with Crippen LogP contribution in [0.1, 0.15) is 13.0 Å². The van der Waals surface area contributed by atoms with E-state index in [0.717, 1.165) is 5.69 Å². The molecule has 0 saturated heterocycles. The van der Waals surface area contributed by atoms with Crippen LogP contribution in [0.3, 0.4) is 0 Å². The zero-order chi connectivity index (χ0) is 17.6. The van der Waals surface area contributed by atoms with E-state index in [-0.39, 0.29) is 5.91 Å². The van der Waals surface area contributed by atoms with Gasteiger partial charge in [-0.15, -0.1) is 0 Å². The molecule has 0 saturated carbocycles. The summed E-state index contributed by atoms with van der Waals surface area (Å²) in [6.07, 6.45) is 4.50. The normalized spacial score (nSPS) is 11.6. The van der Waals surface area contributed by atoms with E-state index in [1.807, 2.05) is 12.1 Å². The van der Waals surface area contributed by atoms with Crippen LogP contribution in [0.2, 0.25) is 0 Å². The van der Waals surface area contributed by atoms with Gasteiger partial charge in [-0.05, 0) is 31.2 Å². The number of hydrogen-bond donors (Lipinski definition) is 2. The van der Waals surface area contributed by atoms with Gasteiger partial charge < -0.3 is 15.4 Å². The molecule has 128 valence electrons. The molecule has 0 bridgehead atoms. The predicted molar refractivity (Wildman–Crippen MR) is 91.7 cm³/mol. The molecule has 0 aliphatic heterocycles. The highest BCUT2D eigenvalue weighted by molar-refractivity contribution is 5.93. The van der Waals surface area contributed by atoms with E-state index in [1.54, 1.807) is 38.4 Å². The molecular weight excluding hydrogens is 322 g/mol. The van der Waals surface area contributed by atoms with Crippen molar-refractivity contribution in [1.29, 1.82) is 0 Å². The lowest BCUT2D eigenvalue weighted by Gasteiger charge is -2.12. The molecule has 2 aromatic heterocycles. The topological polar surface area (TPSA) is 107 Å². The van der Waals surface area contributed by atoms with Crippen molar-refractivity contribution in [1.82, 2.24) is 24.7 Å². The van der Waals surface area contributed by atoms with Crippen molar-refractivity contribution in [3.05, 3.63) is 49.2 Å². The third-order valence-corrected chi connectivity index (χ3v) is 3.46. The van der Waals surface area contributed by atoms with Gasteiger partial charge in [-0.25, -0.2) is 14.6 Å². The summed E-state index contributed by atoms with van der Waals surface area (Å²) in [5.74, 6) is 0.724. The van der Waals surface area contributed by atoms with Crippen LogP contribution in [0.5, 0.6) is 5.88 Å². The maximum atomic E-state index is 12.2. The molecule has 0 radical (unpaired) electrons. The van der Waals surface area contributed by atoms with Gasteiger partial charge in [0.1, 0.15) is 18.7 Å². The van der Waals surface area contributed by atoms with Crippen molar-refractivity contribution in [2.45, 2.75) is 13.0 Å². The fraction of sp³-hybridized carbons (Fsp3) is 0.188. The highest BCUT2D eigenvalue weighted by Crippen LogP contribution is 2.18. The smallest absolute Gasteiger partial charge is 0.249 e. The first kappa shape index (κ1) is 16.4. The summed E-state index contributed by atoms with van der Waals surface area (Å²) < 4.78 is 6.55. The maximum absolute atomic E-state index is 12.2. The molecule has 3 rings (SSSR count). The molecule has 1 amide bonds. The molecule has 1 unspecified atom stereocenters. The maximum Gasteiger partial charge on any atom is 0.249 e. The molecule has 3 aromatic rings. The van der Waals surface area contributed by atoms with Crippen molar-refractivity contribution >= 4 is 23.2 Å². The molecule has 1 atom stereocenters. The van der Waals surface area contributed by atoms with E-state index in [2.05, 4.69) is 30.7 Å². The molecule has 0 aliphatic carbocycles. The van der Waals surface area contributed by atoms with Crippen LogP contribution in [0.15, 0.2) is 49.2 Å². The lowest BCUT2D eigenvalue weighted by Crippen LogP contribution is -2.23. The van der Waals surface area contributed by atoms with Crippen LogP contribution in [-0.4, -0.2) is 37.7 Å².